The molecule has 7 N–H and O–H groups in total. The van der Waals surface area contributed by atoms with Crippen LogP contribution in [0, 0.1) is 0 Å². The number of halogens is 1. The Morgan fingerprint density at radius 1 is 1.28 bits per heavy atom. The number of amidine groups is 1. The summed E-state index contributed by atoms with van der Waals surface area (Å²) in [7, 11) is -3.91. The van der Waals surface area contributed by atoms with Crippen LogP contribution >= 0.6 is 0 Å². The van der Waals surface area contributed by atoms with E-state index in [1.165, 1.54) is 19.1 Å². The number of sulfone groups is 1. The van der Waals surface area contributed by atoms with Crippen LogP contribution in [0.15, 0.2) is 64.0 Å². The molecule has 0 radical (unpaired) electrons. The van der Waals surface area contributed by atoms with Crippen molar-refractivity contribution in [3.05, 3.63) is 59.0 Å². The van der Waals surface area contributed by atoms with E-state index in [1.54, 1.807) is 13.0 Å². The molecule has 2 amide bonds. The highest BCUT2D eigenvalue weighted by Gasteiger charge is 2.58. The molecule has 1 fully saturated rings. The minimum absolute atomic E-state index is 0.0742. The lowest BCUT2D eigenvalue weighted by Crippen LogP contribution is -2.36. The molecule has 10 heteroatoms. The van der Waals surface area contributed by atoms with Crippen molar-refractivity contribution in [3.63, 3.8) is 0 Å². The van der Waals surface area contributed by atoms with Gasteiger partial charge in [0.1, 0.15) is 10.6 Å². The first kappa shape index (κ1) is 27.3. The maximum absolute atomic E-state index is 13.4. The summed E-state index contributed by atoms with van der Waals surface area (Å²) >= 11 is 0. The van der Waals surface area contributed by atoms with Crippen LogP contribution in [0.3, 0.4) is 0 Å². The number of rotatable bonds is 12. The number of urea groups is 1. The Morgan fingerprint density at radius 2 is 1.91 bits per heavy atom. The van der Waals surface area contributed by atoms with Gasteiger partial charge in [-0.05, 0) is 63.3 Å². The van der Waals surface area contributed by atoms with Gasteiger partial charge in [-0.15, -0.1) is 0 Å². The van der Waals surface area contributed by atoms with E-state index >= 15 is 0 Å². The van der Waals surface area contributed by atoms with E-state index in [0.717, 1.165) is 6.08 Å². The van der Waals surface area contributed by atoms with E-state index in [2.05, 4.69) is 16.9 Å². The molecule has 0 saturated heterocycles. The molecule has 0 aromatic carbocycles. The van der Waals surface area contributed by atoms with Gasteiger partial charge in [0.05, 0.1) is 16.4 Å². The van der Waals surface area contributed by atoms with E-state index in [4.69, 9.17) is 17.2 Å². The number of hydrogen-bond donors (Lipinski definition) is 4. The number of carbonyl (C=O) groups is 1. The molecule has 1 aliphatic rings. The smallest absolute Gasteiger partial charge is 0.312 e. The summed E-state index contributed by atoms with van der Waals surface area (Å²) in [6.07, 6.45) is 8.52. The van der Waals surface area contributed by atoms with Crippen LogP contribution < -0.4 is 22.5 Å². The number of amides is 2. The number of allylic oxidation sites excluding steroid dienone is 4. The summed E-state index contributed by atoms with van der Waals surface area (Å²) in [5.41, 5.74) is 18.0. The molecular formula is C22H34FN5O3S. The van der Waals surface area contributed by atoms with E-state index < -0.39 is 26.4 Å². The third-order valence-corrected chi connectivity index (χ3v) is 7.61. The molecular weight excluding hydrogens is 433 g/mol. The maximum Gasteiger partial charge on any atom is 0.312 e. The molecule has 0 bridgehead atoms. The summed E-state index contributed by atoms with van der Waals surface area (Å²) in [6.45, 7) is 8.55. The van der Waals surface area contributed by atoms with Crippen molar-refractivity contribution >= 4 is 21.7 Å². The van der Waals surface area contributed by atoms with E-state index in [-0.39, 0.29) is 29.0 Å². The van der Waals surface area contributed by atoms with Gasteiger partial charge in [-0.25, -0.2) is 22.6 Å². The Labute approximate surface area is 189 Å². The van der Waals surface area contributed by atoms with Crippen molar-refractivity contribution in [2.75, 3.05) is 6.54 Å². The average molecular weight is 468 g/mol. The molecule has 1 unspecified atom stereocenters. The summed E-state index contributed by atoms with van der Waals surface area (Å²) in [6, 6.07) is -0.827. The van der Waals surface area contributed by atoms with Crippen molar-refractivity contribution in [3.8, 4) is 0 Å². The summed E-state index contributed by atoms with van der Waals surface area (Å²) in [5, 5.41) is 2.57. The zero-order valence-corrected chi connectivity index (χ0v) is 19.7. The van der Waals surface area contributed by atoms with Crippen LogP contribution in [0.4, 0.5) is 9.18 Å². The van der Waals surface area contributed by atoms with Crippen molar-refractivity contribution < 1.29 is 17.6 Å². The zero-order valence-electron chi connectivity index (χ0n) is 18.9. The highest BCUT2D eigenvalue weighted by Crippen LogP contribution is 2.52. The lowest BCUT2D eigenvalue weighted by atomic mass is 10.1. The molecule has 0 aromatic heterocycles. The van der Waals surface area contributed by atoms with Gasteiger partial charge in [0, 0.05) is 12.6 Å². The van der Waals surface area contributed by atoms with Gasteiger partial charge in [-0.2, -0.15) is 0 Å². The fourth-order valence-corrected chi connectivity index (χ4v) is 5.13. The van der Waals surface area contributed by atoms with Gasteiger partial charge < -0.3 is 22.5 Å². The molecule has 1 rings (SSSR count). The van der Waals surface area contributed by atoms with Crippen molar-refractivity contribution in [2.24, 2.45) is 22.2 Å². The standard InChI is InChI=1S/C22H34FN5O3S/c1-5-17(9-8-16(4)27-21(26)29)20(25)28-19(11-14-24)22(12-13-22)32(30,31)18(6-2)10-7-15(3)23/h6-7,9-11,16H,2,5,8,12-14,24H2,1,3-4H3,(H2,25,28)(H3,26,27,29)/b15-7+,17-9+,18-10+,19-11-. The van der Waals surface area contributed by atoms with Gasteiger partial charge in [0.2, 0.25) is 0 Å². The molecule has 1 atom stereocenters. The minimum atomic E-state index is -3.91. The lowest BCUT2D eigenvalue weighted by molar-refractivity contribution is 0.246. The van der Waals surface area contributed by atoms with E-state index in [0.29, 0.717) is 31.3 Å². The molecule has 1 aliphatic carbocycles. The number of hydrogen-bond acceptors (Lipinski definition) is 5. The zero-order chi connectivity index (χ0) is 24.5. The number of nitrogens with one attached hydrogen (secondary N) is 1. The maximum atomic E-state index is 13.4. The highest BCUT2D eigenvalue weighted by atomic mass is 32.2. The van der Waals surface area contributed by atoms with Gasteiger partial charge >= 0.3 is 6.03 Å². The van der Waals surface area contributed by atoms with Crippen molar-refractivity contribution in [1.29, 1.82) is 0 Å². The monoisotopic (exact) mass is 467 g/mol. The Hall–Kier alpha value is -2.72. The molecule has 0 aliphatic heterocycles. The van der Waals surface area contributed by atoms with Gasteiger partial charge in [0.25, 0.3) is 0 Å². The Bertz CT molecular complexity index is 970. The predicted molar refractivity (Wildman–Crippen MR) is 128 cm³/mol. The summed E-state index contributed by atoms with van der Waals surface area (Å²) < 4.78 is 38.6. The Kier molecular flexibility index (Phi) is 10.0. The van der Waals surface area contributed by atoms with E-state index in [9.17, 15) is 17.6 Å². The predicted octanol–water partition coefficient (Wildman–Crippen LogP) is 2.86. The molecule has 0 aromatic rings. The SMILES string of the molecule is C=C/C(=C\C=C(/C)F)S(=O)(=O)C1(C(=C/CN)/N=C(N)/C(=C/CC(C)NC(N)=O)CC)CC1. The third-order valence-electron chi connectivity index (χ3n) is 5.04. The fraction of sp³-hybridized carbons (Fsp3) is 0.455. The lowest BCUT2D eigenvalue weighted by Gasteiger charge is -2.19. The van der Waals surface area contributed by atoms with Crippen LogP contribution in [-0.2, 0) is 9.84 Å². The molecule has 178 valence electrons. The highest BCUT2D eigenvalue weighted by molar-refractivity contribution is 7.97. The fourth-order valence-electron chi connectivity index (χ4n) is 3.16. The quantitative estimate of drug-likeness (QED) is 0.197. The van der Waals surface area contributed by atoms with E-state index in [1.807, 2.05) is 13.0 Å². The molecule has 1 saturated carbocycles. The third kappa shape index (κ3) is 6.89. The molecule has 8 nitrogen and oxygen atoms in total. The van der Waals surface area contributed by atoms with Crippen LogP contribution in [0.25, 0.3) is 0 Å². The normalized spacial score (nSPS) is 18.8. The largest absolute Gasteiger partial charge is 0.383 e. The molecule has 0 heterocycles. The van der Waals surface area contributed by atoms with Crippen LogP contribution in [0.5, 0.6) is 0 Å². The Morgan fingerprint density at radius 3 is 2.34 bits per heavy atom. The average Bonchev–Trinajstić information content (AvgIpc) is 3.50. The number of nitrogens with two attached hydrogens (primary N) is 3. The second kappa shape index (κ2) is 11.8. The Balaban J connectivity index is 3.35. The van der Waals surface area contributed by atoms with Crippen LogP contribution in [0.1, 0.15) is 46.5 Å². The second-order valence-electron chi connectivity index (χ2n) is 7.57. The number of primary amides is 1. The van der Waals surface area contributed by atoms with Gasteiger partial charge in [-0.1, -0.05) is 25.7 Å². The van der Waals surface area contributed by atoms with Gasteiger partial charge in [0.15, 0.2) is 9.84 Å². The van der Waals surface area contributed by atoms with Crippen LogP contribution in [-0.4, -0.2) is 37.6 Å². The second-order valence-corrected chi connectivity index (χ2v) is 9.83. The first-order valence-electron chi connectivity index (χ1n) is 10.4. The number of carbonyl (C=O) groups excluding carboxylic acids is 1. The van der Waals surface area contributed by atoms with Crippen LogP contribution in [0.2, 0.25) is 0 Å². The first-order valence-corrected chi connectivity index (χ1v) is 11.8. The topological polar surface area (TPSA) is 154 Å². The number of nitrogens with zero attached hydrogens (tertiary/aromatic N) is 1. The van der Waals surface area contributed by atoms with Crippen molar-refractivity contribution in [2.45, 2.75) is 57.2 Å². The van der Waals surface area contributed by atoms with Gasteiger partial charge in [-0.3, -0.25) is 0 Å². The van der Waals surface area contributed by atoms with Crippen molar-refractivity contribution in [1.82, 2.24) is 5.32 Å². The minimum Gasteiger partial charge on any atom is -0.383 e. The first-order chi connectivity index (χ1) is 14.9. The summed E-state index contributed by atoms with van der Waals surface area (Å²) in [4.78, 5) is 15.3. The number of aliphatic imine (C=N–C) groups is 1. The summed E-state index contributed by atoms with van der Waals surface area (Å²) in [5.74, 6) is -0.356. The molecule has 0 spiro atoms. The molecule has 32 heavy (non-hydrogen) atoms.